The van der Waals surface area contributed by atoms with Gasteiger partial charge in [-0.2, -0.15) is 0 Å². The molecule has 0 fully saturated rings. The van der Waals surface area contributed by atoms with Crippen LogP contribution in [0.3, 0.4) is 0 Å². The van der Waals surface area contributed by atoms with Crippen LogP contribution in [0.1, 0.15) is 17.3 Å². The van der Waals surface area contributed by atoms with E-state index in [9.17, 15) is 13.2 Å². The first-order chi connectivity index (χ1) is 8.24. The van der Waals surface area contributed by atoms with Gasteiger partial charge in [0, 0.05) is 11.0 Å². The van der Waals surface area contributed by atoms with Crippen LogP contribution in [0.2, 0.25) is 0 Å². The summed E-state index contributed by atoms with van der Waals surface area (Å²) in [5.41, 5.74) is -0.129. The maximum absolute atomic E-state index is 11.9. The molecule has 8 heteroatoms. The first-order valence-electron chi connectivity index (χ1n) is 4.94. The number of aromatic carboxylic acids is 1. The molecule has 1 rings (SSSR count). The van der Waals surface area contributed by atoms with Crippen LogP contribution in [0, 0.1) is 0 Å². The van der Waals surface area contributed by atoms with Crippen molar-refractivity contribution in [3.05, 3.63) is 28.2 Å². The number of aliphatic hydroxyl groups is 1. The highest BCUT2D eigenvalue weighted by atomic mass is 79.9. The Bertz CT molecular complexity index is 555. The molecule has 0 saturated heterocycles. The Kier molecular flexibility index (Phi) is 4.85. The lowest BCUT2D eigenvalue weighted by Crippen LogP contribution is -2.31. The highest BCUT2D eigenvalue weighted by Gasteiger charge is 2.19. The highest BCUT2D eigenvalue weighted by molar-refractivity contribution is 9.10. The van der Waals surface area contributed by atoms with Crippen LogP contribution >= 0.6 is 15.9 Å². The summed E-state index contributed by atoms with van der Waals surface area (Å²) in [6.07, 6.45) is -0.832. The number of sulfonamides is 1. The van der Waals surface area contributed by atoms with Gasteiger partial charge in [-0.25, -0.2) is 17.9 Å². The number of hydrogen-bond donors (Lipinski definition) is 3. The van der Waals surface area contributed by atoms with Crippen LogP contribution in [-0.4, -0.2) is 37.2 Å². The van der Waals surface area contributed by atoms with Crippen LogP contribution in [0.4, 0.5) is 0 Å². The third-order valence-corrected chi connectivity index (χ3v) is 4.45. The molecular weight excluding hydrogens is 326 g/mol. The minimum absolute atomic E-state index is 0.129. The van der Waals surface area contributed by atoms with E-state index in [1.165, 1.54) is 19.1 Å². The van der Waals surface area contributed by atoms with E-state index in [4.69, 9.17) is 10.2 Å². The van der Waals surface area contributed by atoms with Gasteiger partial charge in [0.2, 0.25) is 10.0 Å². The van der Waals surface area contributed by atoms with Gasteiger partial charge in [0.05, 0.1) is 16.6 Å². The maximum Gasteiger partial charge on any atom is 0.335 e. The summed E-state index contributed by atoms with van der Waals surface area (Å²) >= 11 is 3.05. The van der Waals surface area contributed by atoms with E-state index in [1.54, 1.807) is 0 Å². The molecule has 18 heavy (non-hydrogen) atoms. The largest absolute Gasteiger partial charge is 0.478 e. The summed E-state index contributed by atoms with van der Waals surface area (Å²) in [5.74, 6) is -1.21. The van der Waals surface area contributed by atoms with E-state index in [0.717, 1.165) is 6.07 Å². The number of benzene rings is 1. The van der Waals surface area contributed by atoms with Crippen molar-refractivity contribution in [2.45, 2.75) is 17.9 Å². The molecule has 0 heterocycles. The van der Waals surface area contributed by atoms with Crippen LogP contribution in [0.15, 0.2) is 27.6 Å². The topological polar surface area (TPSA) is 104 Å². The smallest absolute Gasteiger partial charge is 0.335 e. The first kappa shape index (κ1) is 15.1. The van der Waals surface area contributed by atoms with E-state index >= 15 is 0 Å². The number of carboxylic acids is 1. The van der Waals surface area contributed by atoms with Gasteiger partial charge < -0.3 is 10.2 Å². The van der Waals surface area contributed by atoms with Crippen molar-refractivity contribution in [1.82, 2.24) is 4.72 Å². The Morgan fingerprint density at radius 1 is 1.50 bits per heavy atom. The van der Waals surface area contributed by atoms with Crippen LogP contribution in [-0.2, 0) is 10.0 Å². The van der Waals surface area contributed by atoms with Crippen molar-refractivity contribution < 1.29 is 23.4 Å². The summed E-state index contributed by atoms with van der Waals surface area (Å²) in [5, 5.41) is 17.9. The van der Waals surface area contributed by atoms with Crippen LogP contribution in [0.25, 0.3) is 0 Å². The summed E-state index contributed by atoms with van der Waals surface area (Å²) in [6.45, 7) is 1.29. The first-order valence-corrected chi connectivity index (χ1v) is 7.22. The normalized spacial score (nSPS) is 13.3. The molecule has 0 unspecified atom stereocenters. The zero-order valence-electron chi connectivity index (χ0n) is 9.42. The van der Waals surface area contributed by atoms with Gasteiger partial charge in [0.25, 0.3) is 0 Å². The van der Waals surface area contributed by atoms with E-state index < -0.39 is 22.1 Å². The second-order valence-electron chi connectivity index (χ2n) is 3.65. The average Bonchev–Trinajstić information content (AvgIpc) is 2.26. The van der Waals surface area contributed by atoms with Gasteiger partial charge in [0.15, 0.2) is 0 Å². The molecule has 0 bridgehead atoms. The zero-order chi connectivity index (χ0) is 13.9. The molecule has 100 valence electrons. The van der Waals surface area contributed by atoms with Gasteiger partial charge in [-0.1, -0.05) is 0 Å². The molecule has 0 aliphatic rings. The average molecular weight is 338 g/mol. The van der Waals surface area contributed by atoms with Crippen molar-refractivity contribution >= 4 is 31.9 Å². The van der Waals surface area contributed by atoms with E-state index in [0.29, 0.717) is 0 Å². The van der Waals surface area contributed by atoms with Crippen molar-refractivity contribution in [2.75, 3.05) is 6.54 Å². The lowest BCUT2D eigenvalue weighted by atomic mass is 10.2. The number of nitrogens with one attached hydrogen (secondary N) is 1. The van der Waals surface area contributed by atoms with Crippen molar-refractivity contribution in [3.8, 4) is 0 Å². The molecule has 1 atom stereocenters. The molecular formula is C10H12BrNO5S. The second kappa shape index (κ2) is 5.79. The van der Waals surface area contributed by atoms with Gasteiger partial charge in [0.1, 0.15) is 0 Å². The number of hydrogen-bond acceptors (Lipinski definition) is 4. The fourth-order valence-electron chi connectivity index (χ4n) is 1.15. The zero-order valence-corrected chi connectivity index (χ0v) is 11.8. The molecule has 0 spiro atoms. The standard InChI is InChI=1S/C10H12BrNO5S/c1-6(13)5-12-18(16,17)9-4-7(10(14)15)2-3-8(9)11/h2-4,6,12-13H,5H2,1H3,(H,14,15)/t6-/m1/s1. The molecule has 3 N–H and O–H groups in total. The third kappa shape index (κ3) is 3.77. The Morgan fingerprint density at radius 2 is 2.11 bits per heavy atom. The minimum atomic E-state index is -3.86. The maximum atomic E-state index is 11.9. The molecule has 1 aromatic carbocycles. The predicted molar refractivity (Wildman–Crippen MR) is 68.0 cm³/mol. The number of carboxylic acid groups (broad SMARTS) is 1. The second-order valence-corrected chi connectivity index (χ2v) is 6.24. The van der Waals surface area contributed by atoms with Gasteiger partial charge in [-0.15, -0.1) is 0 Å². The molecule has 0 amide bonds. The molecule has 0 radical (unpaired) electrons. The van der Waals surface area contributed by atoms with Gasteiger partial charge in [-0.3, -0.25) is 0 Å². The van der Waals surface area contributed by atoms with Crippen molar-refractivity contribution in [1.29, 1.82) is 0 Å². The summed E-state index contributed by atoms with van der Waals surface area (Å²) in [7, 11) is -3.86. The summed E-state index contributed by atoms with van der Waals surface area (Å²) in [4.78, 5) is 10.6. The monoisotopic (exact) mass is 337 g/mol. The van der Waals surface area contributed by atoms with Crippen LogP contribution < -0.4 is 4.72 Å². The summed E-state index contributed by atoms with van der Waals surface area (Å²) in [6, 6.07) is 3.69. The molecule has 0 aliphatic carbocycles. The molecule has 0 saturated carbocycles. The lowest BCUT2D eigenvalue weighted by Gasteiger charge is -2.10. The fraction of sp³-hybridized carbons (Fsp3) is 0.300. The Balaban J connectivity index is 3.15. The fourth-order valence-corrected chi connectivity index (χ4v) is 3.26. The quantitative estimate of drug-likeness (QED) is 0.737. The highest BCUT2D eigenvalue weighted by Crippen LogP contribution is 2.23. The lowest BCUT2D eigenvalue weighted by molar-refractivity contribution is 0.0696. The van der Waals surface area contributed by atoms with E-state index in [-0.39, 0.29) is 21.5 Å². The number of halogens is 1. The minimum Gasteiger partial charge on any atom is -0.478 e. The molecule has 0 aliphatic heterocycles. The Hall–Kier alpha value is -0.960. The van der Waals surface area contributed by atoms with Gasteiger partial charge >= 0.3 is 5.97 Å². The summed E-state index contributed by atoms with van der Waals surface area (Å²) < 4.78 is 26.2. The van der Waals surface area contributed by atoms with Crippen molar-refractivity contribution in [3.63, 3.8) is 0 Å². The van der Waals surface area contributed by atoms with Gasteiger partial charge in [-0.05, 0) is 41.1 Å². The molecule has 6 nitrogen and oxygen atoms in total. The third-order valence-electron chi connectivity index (χ3n) is 2.04. The number of rotatable bonds is 5. The molecule has 0 aromatic heterocycles. The van der Waals surface area contributed by atoms with E-state index in [1.807, 2.05) is 0 Å². The number of aliphatic hydroxyl groups excluding tert-OH is 1. The Labute approximate surface area is 113 Å². The van der Waals surface area contributed by atoms with Crippen molar-refractivity contribution in [2.24, 2.45) is 0 Å². The predicted octanol–water partition coefficient (Wildman–Crippen LogP) is 0.806. The number of carbonyl (C=O) groups is 1. The Morgan fingerprint density at radius 3 is 2.61 bits per heavy atom. The van der Waals surface area contributed by atoms with Crippen LogP contribution in [0.5, 0.6) is 0 Å². The molecule has 1 aromatic rings. The SMILES string of the molecule is C[C@@H](O)CNS(=O)(=O)c1cc(C(=O)O)ccc1Br. The van der Waals surface area contributed by atoms with E-state index in [2.05, 4.69) is 20.7 Å².